The van der Waals surface area contributed by atoms with Crippen molar-refractivity contribution in [3.8, 4) is 22.4 Å². The number of nitrogens with one attached hydrogen (secondary N) is 2. The number of carbonyl (C=O) groups is 5. The van der Waals surface area contributed by atoms with Gasteiger partial charge < -0.3 is 29.2 Å². The normalized spacial score (nSPS) is 21.6. The van der Waals surface area contributed by atoms with Crippen molar-refractivity contribution >= 4 is 40.5 Å². The molecule has 14 heteroatoms. The minimum absolute atomic E-state index is 0.134. The number of esters is 1. The van der Waals surface area contributed by atoms with Gasteiger partial charge in [0.25, 0.3) is 5.91 Å². The monoisotopic (exact) mass is 916 g/mol. The summed E-state index contributed by atoms with van der Waals surface area (Å²) in [5.41, 5.74) is 9.89. The molecular weight excluding hydrogens is 847 g/mol. The van der Waals surface area contributed by atoms with E-state index in [-0.39, 0.29) is 43.4 Å². The molecule has 67 heavy (non-hydrogen) atoms. The van der Waals surface area contributed by atoms with Crippen LogP contribution in [-0.4, -0.2) is 111 Å². The quantitative estimate of drug-likeness (QED) is 0.126. The number of amides is 4. The number of hydrogen-bond donors (Lipinski definition) is 2. The van der Waals surface area contributed by atoms with Crippen LogP contribution in [0.3, 0.4) is 0 Å². The molecule has 3 aliphatic heterocycles. The number of methoxy groups -OCH3 is 1. The highest BCUT2D eigenvalue weighted by Crippen LogP contribution is 2.42. The van der Waals surface area contributed by atoms with Crippen LogP contribution in [0.4, 0.5) is 0 Å². The zero-order chi connectivity index (χ0) is 48.5. The van der Waals surface area contributed by atoms with E-state index in [1.165, 1.54) is 16.0 Å². The van der Waals surface area contributed by atoms with Crippen LogP contribution in [-0.2, 0) is 52.8 Å². The zero-order valence-electron chi connectivity index (χ0n) is 41.0. The molecule has 7 rings (SSSR count). The Morgan fingerprint density at radius 1 is 1.06 bits per heavy atom. The van der Waals surface area contributed by atoms with Crippen molar-refractivity contribution in [3.05, 3.63) is 90.3 Å². The van der Waals surface area contributed by atoms with Gasteiger partial charge >= 0.3 is 5.97 Å². The highest BCUT2D eigenvalue weighted by atomic mass is 16.5. The van der Waals surface area contributed by atoms with Crippen LogP contribution < -0.4 is 10.7 Å². The molecule has 2 N–H and O–H groups in total. The second kappa shape index (κ2) is 19.8. The van der Waals surface area contributed by atoms with E-state index in [1.807, 2.05) is 52.8 Å². The Balaban J connectivity index is 1.29. The van der Waals surface area contributed by atoms with E-state index in [0.717, 1.165) is 50.1 Å². The Labute approximate surface area is 395 Å². The van der Waals surface area contributed by atoms with Crippen molar-refractivity contribution < 1.29 is 33.4 Å². The molecule has 4 aromatic rings. The molecule has 0 aliphatic carbocycles. The molecule has 358 valence electrons. The summed E-state index contributed by atoms with van der Waals surface area (Å²) >= 11 is 0. The van der Waals surface area contributed by atoms with Crippen LogP contribution in [0.1, 0.15) is 97.6 Å². The van der Waals surface area contributed by atoms with Crippen LogP contribution in [0.25, 0.3) is 33.3 Å². The van der Waals surface area contributed by atoms with Gasteiger partial charge in [0.2, 0.25) is 17.7 Å². The number of likely N-dealkylation sites (tertiary alicyclic amines) is 1. The standard InChI is InChI=1S/C53H69N7O7/c1-12-44(61)59-30-37(28-53(59,8)9)49(63)57(10)46(32(3)4)48(62)55-42-26-34-17-14-18-35(25-34)36-21-22-43-39(27-36)40(47(58(43)13-2)38-19-15-23-54-45(38)33(5)66-11)29-52(6,7)31-67-51(65)41-20-16-24-60(56-41)50(42)64/h12,14-15,17-19,21-23,25,27,32-33,37,41-42,46,56H,1,13,16,20,24,26,28-31H2,2-11H3,(H,55,62)/t33-,37-,41-,42-,46?/m0/s1. The van der Waals surface area contributed by atoms with Gasteiger partial charge in [0.15, 0.2) is 0 Å². The number of ether oxygens (including phenoxy) is 2. The molecule has 2 aromatic heterocycles. The third-order valence-electron chi connectivity index (χ3n) is 14.0. The summed E-state index contributed by atoms with van der Waals surface area (Å²) in [5.74, 6) is -2.66. The molecular formula is C53H69N7O7. The predicted molar refractivity (Wildman–Crippen MR) is 259 cm³/mol. The number of hydrazine groups is 1. The minimum Gasteiger partial charge on any atom is -0.464 e. The van der Waals surface area contributed by atoms with Crippen molar-refractivity contribution in [1.82, 2.24) is 35.1 Å². The average Bonchev–Trinajstić information content (AvgIpc) is 3.80. The average molecular weight is 916 g/mol. The number of rotatable bonds is 10. The first-order valence-electron chi connectivity index (χ1n) is 23.8. The highest BCUT2D eigenvalue weighted by molar-refractivity contribution is 5.96. The first-order chi connectivity index (χ1) is 31.8. The summed E-state index contributed by atoms with van der Waals surface area (Å²) in [6, 6.07) is 15.8. The predicted octanol–water partition coefficient (Wildman–Crippen LogP) is 7.04. The summed E-state index contributed by atoms with van der Waals surface area (Å²) < 4.78 is 14.3. The van der Waals surface area contributed by atoms with Gasteiger partial charge in [-0.05, 0) is 112 Å². The number of nitrogens with zero attached hydrogens (tertiary/aromatic N) is 5. The van der Waals surface area contributed by atoms with E-state index in [1.54, 1.807) is 25.3 Å². The van der Waals surface area contributed by atoms with Gasteiger partial charge in [0.05, 0.1) is 30.0 Å². The summed E-state index contributed by atoms with van der Waals surface area (Å²) in [7, 11) is 3.31. The molecule has 2 fully saturated rings. The van der Waals surface area contributed by atoms with Gasteiger partial charge in [0.1, 0.15) is 18.1 Å². The molecule has 3 aliphatic rings. The van der Waals surface area contributed by atoms with Crippen molar-refractivity contribution in [1.29, 1.82) is 0 Å². The molecule has 0 saturated carbocycles. The number of pyridine rings is 1. The fourth-order valence-corrected chi connectivity index (χ4v) is 10.5. The lowest BCUT2D eigenvalue weighted by atomic mass is 9.84. The molecule has 4 amide bonds. The first-order valence-corrected chi connectivity index (χ1v) is 23.8. The van der Waals surface area contributed by atoms with Crippen molar-refractivity contribution in [3.63, 3.8) is 0 Å². The molecule has 0 spiro atoms. The summed E-state index contributed by atoms with van der Waals surface area (Å²) in [6.45, 7) is 20.9. The van der Waals surface area contributed by atoms with Crippen molar-refractivity contribution in [2.75, 3.05) is 33.9 Å². The third-order valence-corrected chi connectivity index (χ3v) is 14.0. The number of benzene rings is 2. The van der Waals surface area contributed by atoms with Crippen molar-refractivity contribution in [2.45, 2.75) is 124 Å². The lowest BCUT2D eigenvalue weighted by Gasteiger charge is -2.37. The van der Waals surface area contributed by atoms with E-state index >= 15 is 0 Å². The number of aromatic nitrogens is 2. The molecule has 6 bridgehead atoms. The smallest absolute Gasteiger partial charge is 0.324 e. The Morgan fingerprint density at radius 3 is 2.51 bits per heavy atom. The van der Waals surface area contributed by atoms with Crippen LogP contribution in [0.15, 0.2) is 73.4 Å². The minimum atomic E-state index is -1.06. The fourth-order valence-electron chi connectivity index (χ4n) is 10.5. The molecule has 2 aromatic carbocycles. The Hall–Kier alpha value is -5.86. The van der Waals surface area contributed by atoms with E-state index in [2.05, 4.69) is 79.1 Å². The first kappa shape index (κ1) is 49.1. The number of hydrogen-bond acceptors (Lipinski definition) is 9. The molecule has 1 unspecified atom stereocenters. The SMILES string of the molecule is C=CC(=O)N1C[C@@H](C(=O)N(C)C(C(=O)N[C@H]2Cc3cccc(c3)-c3ccc4c(c3)c(c(-c3cccnc3[C@H](C)OC)n4CC)CC(C)(C)COC(=O)[C@@H]3CCCN(N3)C2=O)C(C)C)CC1(C)C. The maximum Gasteiger partial charge on any atom is 0.324 e. The summed E-state index contributed by atoms with van der Waals surface area (Å²) in [5, 5.41) is 5.59. The molecule has 5 heterocycles. The van der Waals surface area contributed by atoms with Gasteiger partial charge in [-0.2, -0.15) is 0 Å². The second-order valence-corrected chi connectivity index (χ2v) is 20.4. The Morgan fingerprint density at radius 2 is 1.81 bits per heavy atom. The summed E-state index contributed by atoms with van der Waals surface area (Å²) in [4.78, 5) is 78.2. The molecule has 5 atom stereocenters. The Bertz CT molecular complexity index is 2540. The second-order valence-electron chi connectivity index (χ2n) is 20.4. The van der Waals surface area contributed by atoms with Crippen LogP contribution in [0.2, 0.25) is 0 Å². The van der Waals surface area contributed by atoms with Crippen LogP contribution in [0.5, 0.6) is 0 Å². The van der Waals surface area contributed by atoms with E-state index in [0.29, 0.717) is 38.8 Å². The number of aryl methyl sites for hydroxylation is 1. The molecule has 14 nitrogen and oxygen atoms in total. The number of carbonyl (C=O) groups excluding carboxylic acids is 5. The van der Waals surface area contributed by atoms with Gasteiger partial charge in [-0.25, -0.2) is 5.43 Å². The molecule has 2 saturated heterocycles. The highest BCUT2D eigenvalue weighted by Gasteiger charge is 2.46. The maximum atomic E-state index is 14.8. The largest absolute Gasteiger partial charge is 0.464 e. The van der Waals surface area contributed by atoms with Gasteiger partial charge in [-0.3, -0.25) is 34.0 Å². The molecule has 0 radical (unpaired) electrons. The van der Waals surface area contributed by atoms with Gasteiger partial charge in [-0.15, -0.1) is 0 Å². The van der Waals surface area contributed by atoms with Crippen LogP contribution in [0, 0.1) is 17.3 Å². The summed E-state index contributed by atoms with van der Waals surface area (Å²) in [6.07, 6.45) is 4.97. The van der Waals surface area contributed by atoms with Gasteiger partial charge in [-0.1, -0.05) is 64.6 Å². The topological polar surface area (TPSA) is 155 Å². The fraction of sp³-hybridized carbons (Fsp3) is 0.509. The number of fused-ring (bicyclic) bond motifs is 6. The zero-order valence-corrected chi connectivity index (χ0v) is 41.0. The van der Waals surface area contributed by atoms with E-state index in [4.69, 9.17) is 14.5 Å². The van der Waals surface area contributed by atoms with E-state index in [9.17, 15) is 24.0 Å². The number of cyclic esters (lactones) is 1. The lowest BCUT2D eigenvalue weighted by Crippen LogP contribution is -2.62. The van der Waals surface area contributed by atoms with Gasteiger partial charge in [0, 0.05) is 73.8 Å². The van der Waals surface area contributed by atoms with Crippen molar-refractivity contribution in [2.24, 2.45) is 17.3 Å². The maximum absolute atomic E-state index is 14.8. The Kier molecular flexibility index (Phi) is 14.5. The van der Waals surface area contributed by atoms with Crippen LogP contribution >= 0.6 is 0 Å². The third kappa shape index (κ3) is 10.1. The number of likely N-dealkylation sites (N-methyl/N-ethyl adjacent to an activating group) is 1. The lowest BCUT2D eigenvalue weighted by molar-refractivity contribution is -0.155. The van der Waals surface area contributed by atoms with E-state index < -0.39 is 52.8 Å².